The molecular formula is C43H56O5P2. The summed E-state index contributed by atoms with van der Waals surface area (Å²) in [6.45, 7) is 6.00. The first kappa shape index (κ1) is 37.2. The van der Waals surface area contributed by atoms with Crippen LogP contribution < -0.4 is 20.7 Å². The quantitative estimate of drug-likeness (QED) is 0.0880. The number of ether oxygens (including phenoxy) is 2. The van der Waals surface area contributed by atoms with Gasteiger partial charge < -0.3 is 19.3 Å². The largest absolute Gasteiger partial charge is 0.493 e. The Labute approximate surface area is 301 Å². The topological polar surface area (TPSA) is 76.0 Å². The lowest BCUT2D eigenvalue weighted by molar-refractivity contribution is -0.0756. The van der Waals surface area contributed by atoms with E-state index in [2.05, 4.69) is 123 Å². The lowest BCUT2D eigenvalue weighted by Gasteiger charge is -2.34. The van der Waals surface area contributed by atoms with Gasteiger partial charge in [-0.05, 0) is 129 Å². The molecule has 7 rings (SSSR count). The molecule has 0 aliphatic heterocycles. The van der Waals surface area contributed by atoms with E-state index < -0.39 is 15.5 Å². The SMILES string of the molecule is C1=CC2CC1CC2COc1ccc(P(c2ccccc2)c2ccccc2)cc1.CCC(CC)(CCCCP(=O)(O)O)OCC1CC2C=CC1C2. The molecule has 5 nitrogen and oxygen atoms in total. The molecule has 2 fully saturated rings. The summed E-state index contributed by atoms with van der Waals surface area (Å²) in [7, 11) is -4.40. The van der Waals surface area contributed by atoms with Crippen molar-refractivity contribution in [1.29, 1.82) is 0 Å². The van der Waals surface area contributed by atoms with Crippen LogP contribution in [-0.2, 0) is 9.30 Å². The lowest BCUT2D eigenvalue weighted by Crippen LogP contribution is -2.34. The Morgan fingerprint density at radius 3 is 1.66 bits per heavy atom. The Morgan fingerprint density at radius 2 is 1.20 bits per heavy atom. The van der Waals surface area contributed by atoms with Crippen molar-refractivity contribution in [2.45, 2.75) is 77.2 Å². The Bertz CT molecular complexity index is 1540. The highest BCUT2D eigenvalue weighted by molar-refractivity contribution is 7.79. The van der Waals surface area contributed by atoms with Crippen LogP contribution in [0.4, 0.5) is 0 Å². The summed E-state index contributed by atoms with van der Waals surface area (Å²) >= 11 is 0. The maximum atomic E-state index is 10.9. The second-order valence-corrected chi connectivity index (χ2v) is 18.9. The van der Waals surface area contributed by atoms with Crippen molar-refractivity contribution in [2.75, 3.05) is 19.4 Å². The van der Waals surface area contributed by atoms with Crippen LogP contribution in [0, 0.1) is 35.5 Å². The summed E-state index contributed by atoms with van der Waals surface area (Å²) in [6.07, 6.45) is 19.0. The highest BCUT2D eigenvalue weighted by atomic mass is 31.2. The van der Waals surface area contributed by atoms with Crippen molar-refractivity contribution in [2.24, 2.45) is 35.5 Å². The number of fused-ring (bicyclic) bond motifs is 4. The molecule has 6 unspecified atom stereocenters. The minimum absolute atomic E-state index is 0.00627. The minimum atomic E-state index is -3.85. The standard InChI is InChI=1S/C26H25OP.C17H31O4P/c1-3-7-24(8-4-1)28(25-9-5-2-6-10-25)26-15-13-23(14-16-26)27-19-22-18-20-11-12-21(22)17-20;1-3-17(4-2,9-5-6-10-22(18,19)20)21-13-16-12-14-7-8-15(16)11-14/h1-16,20-22H,17-19H2;7-8,14-16H,3-6,9-13H2,1-2H3,(H2,18,19,20). The van der Waals surface area contributed by atoms with Gasteiger partial charge in [0.1, 0.15) is 5.75 Å². The maximum Gasteiger partial charge on any atom is 0.325 e. The highest BCUT2D eigenvalue weighted by Crippen LogP contribution is 2.45. The molecule has 2 saturated carbocycles. The van der Waals surface area contributed by atoms with Gasteiger partial charge in [-0.15, -0.1) is 0 Å². The smallest absolute Gasteiger partial charge is 0.325 e. The van der Waals surface area contributed by atoms with Crippen molar-refractivity contribution in [3.8, 4) is 5.75 Å². The van der Waals surface area contributed by atoms with Gasteiger partial charge in [-0.1, -0.05) is 111 Å². The summed E-state index contributed by atoms with van der Waals surface area (Å²) in [5.74, 6) is 5.40. The molecule has 0 heterocycles. The number of allylic oxidation sites excluding steroid dienone is 4. The number of hydrogen-bond donors (Lipinski definition) is 2. The molecule has 0 saturated heterocycles. The fourth-order valence-electron chi connectivity index (χ4n) is 8.60. The van der Waals surface area contributed by atoms with E-state index >= 15 is 0 Å². The third kappa shape index (κ3) is 9.87. The van der Waals surface area contributed by atoms with Crippen molar-refractivity contribution >= 4 is 31.4 Å². The van der Waals surface area contributed by atoms with Gasteiger partial charge in [-0.3, -0.25) is 4.57 Å². The molecule has 4 aliphatic rings. The van der Waals surface area contributed by atoms with Crippen LogP contribution in [0.5, 0.6) is 5.75 Å². The molecule has 0 spiro atoms. The second kappa shape index (κ2) is 17.3. The van der Waals surface area contributed by atoms with Crippen LogP contribution in [0.3, 0.4) is 0 Å². The molecule has 2 N–H and O–H groups in total. The molecule has 268 valence electrons. The van der Waals surface area contributed by atoms with Crippen molar-refractivity contribution in [3.05, 3.63) is 109 Å². The van der Waals surface area contributed by atoms with Crippen LogP contribution in [0.15, 0.2) is 109 Å². The fourth-order valence-corrected chi connectivity index (χ4v) is 11.5. The molecule has 3 aromatic carbocycles. The molecule has 4 aliphatic carbocycles. The molecule has 0 radical (unpaired) electrons. The van der Waals surface area contributed by atoms with Gasteiger partial charge in [-0.25, -0.2) is 0 Å². The van der Waals surface area contributed by atoms with Gasteiger partial charge in [0.2, 0.25) is 0 Å². The zero-order chi connectivity index (χ0) is 35.0. The van der Waals surface area contributed by atoms with E-state index in [-0.39, 0.29) is 11.8 Å². The normalized spacial score (nSPS) is 24.9. The maximum absolute atomic E-state index is 10.9. The van der Waals surface area contributed by atoms with Gasteiger partial charge >= 0.3 is 7.60 Å². The van der Waals surface area contributed by atoms with E-state index in [1.54, 1.807) is 0 Å². The monoisotopic (exact) mass is 714 g/mol. The molecule has 0 amide bonds. The van der Waals surface area contributed by atoms with E-state index in [9.17, 15) is 4.57 Å². The first-order chi connectivity index (χ1) is 24.2. The van der Waals surface area contributed by atoms with E-state index in [4.69, 9.17) is 19.3 Å². The minimum Gasteiger partial charge on any atom is -0.493 e. The van der Waals surface area contributed by atoms with Crippen molar-refractivity contribution in [3.63, 3.8) is 0 Å². The van der Waals surface area contributed by atoms with Crippen LogP contribution >= 0.6 is 15.5 Å². The Morgan fingerprint density at radius 1 is 0.680 bits per heavy atom. The van der Waals surface area contributed by atoms with Crippen LogP contribution in [0.1, 0.15) is 71.6 Å². The number of hydrogen-bond acceptors (Lipinski definition) is 3. The van der Waals surface area contributed by atoms with Crippen LogP contribution in [-0.4, -0.2) is 34.8 Å². The van der Waals surface area contributed by atoms with Crippen LogP contribution in [0.2, 0.25) is 0 Å². The van der Waals surface area contributed by atoms with E-state index in [1.807, 2.05) is 0 Å². The van der Waals surface area contributed by atoms with E-state index in [1.165, 1.54) is 41.6 Å². The van der Waals surface area contributed by atoms with Gasteiger partial charge in [0.05, 0.1) is 18.8 Å². The molecule has 4 bridgehead atoms. The average molecular weight is 715 g/mol. The Hall–Kier alpha value is -2.52. The third-order valence-electron chi connectivity index (χ3n) is 11.6. The van der Waals surface area contributed by atoms with Gasteiger partial charge in [0.15, 0.2) is 0 Å². The van der Waals surface area contributed by atoms with E-state index in [0.29, 0.717) is 24.2 Å². The predicted octanol–water partition coefficient (Wildman–Crippen LogP) is 9.16. The average Bonchev–Trinajstić information content (AvgIpc) is 3.96. The Kier molecular flexibility index (Phi) is 12.9. The van der Waals surface area contributed by atoms with Crippen molar-refractivity contribution < 1.29 is 23.8 Å². The highest BCUT2D eigenvalue weighted by Gasteiger charge is 2.38. The molecule has 50 heavy (non-hydrogen) atoms. The molecule has 0 aromatic heterocycles. The number of rotatable bonds is 16. The van der Waals surface area contributed by atoms with Gasteiger partial charge in [0.25, 0.3) is 0 Å². The van der Waals surface area contributed by atoms with Crippen molar-refractivity contribution in [1.82, 2.24) is 0 Å². The number of benzene rings is 3. The summed E-state index contributed by atoms with van der Waals surface area (Å²) < 4.78 is 23.5. The summed E-state index contributed by atoms with van der Waals surface area (Å²) in [5, 5.41) is 4.12. The van der Waals surface area contributed by atoms with Gasteiger partial charge in [0, 0.05) is 6.16 Å². The third-order valence-corrected chi connectivity index (χ3v) is 15.0. The fraction of sp³-hybridized carbons (Fsp3) is 0.488. The number of unbranched alkanes of at least 4 members (excludes halogenated alkanes) is 1. The first-order valence-electron chi connectivity index (χ1n) is 18.9. The zero-order valence-corrected chi connectivity index (χ0v) is 31.6. The summed E-state index contributed by atoms with van der Waals surface area (Å²) in [5.41, 5.74) is -0.111. The van der Waals surface area contributed by atoms with Crippen LogP contribution in [0.25, 0.3) is 0 Å². The first-order valence-corrected chi connectivity index (χ1v) is 22.1. The predicted molar refractivity (Wildman–Crippen MR) is 208 cm³/mol. The summed E-state index contributed by atoms with van der Waals surface area (Å²) in [6, 6.07) is 30.5. The zero-order valence-electron chi connectivity index (χ0n) is 29.9. The second-order valence-electron chi connectivity index (χ2n) is 14.9. The van der Waals surface area contributed by atoms with Gasteiger partial charge in [-0.2, -0.15) is 0 Å². The van der Waals surface area contributed by atoms with E-state index in [0.717, 1.165) is 62.4 Å². The summed E-state index contributed by atoms with van der Waals surface area (Å²) in [4.78, 5) is 17.9. The molecule has 6 atom stereocenters. The molecule has 3 aromatic rings. The molecule has 7 heteroatoms. The Balaban J connectivity index is 0.000000179. The molecular weight excluding hydrogens is 658 g/mol. The lowest BCUT2D eigenvalue weighted by atomic mass is 9.89.